The predicted molar refractivity (Wildman–Crippen MR) is 252 cm³/mol. The van der Waals surface area contributed by atoms with E-state index in [4.69, 9.17) is 18.9 Å². The van der Waals surface area contributed by atoms with Gasteiger partial charge < -0.3 is 39.4 Å². The van der Waals surface area contributed by atoms with Gasteiger partial charge in [0.05, 0.1) is 13.2 Å². The van der Waals surface area contributed by atoms with E-state index in [0.717, 1.165) is 57.8 Å². The lowest BCUT2D eigenvalue weighted by Crippen LogP contribution is -2.59. The third kappa shape index (κ3) is 33.4. The molecule has 0 aromatic rings. The molecule has 1 saturated heterocycles. The molecule has 1 rings (SSSR count). The average molecular weight is 879 g/mol. The standard InChI is InChI=1S/C52H94O10/c1-3-5-7-9-11-13-15-17-19-21-22-23-25-27-29-31-33-35-37-39-41-48(55)61-45(44-60-52-51(58)50(57)49(56)46(42-53)62-52)43-59-47(54)40-38-36-34-32-30-28-26-24-20-18-16-14-12-10-8-6-4-2/h12,14,18,20,26,28,45-46,49-53,56-58H,3-11,13,15-17,19,21-25,27,29-44H2,1-2H3/b14-12+,20-18+,28-26+/t45-,46-,49+,50?,51?,52-/m1/s1. The Morgan fingerprint density at radius 3 is 1.39 bits per heavy atom. The van der Waals surface area contributed by atoms with Gasteiger partial charge in [-0.1, -0.05) is 198 Å². The zero-order chi connectivity index (χ0) is 45.1. The van der Waals surface area contributed by atoms with Gasteiger partial charge in [-0.25, -0.2) is 0 Å². The first-order chi connectivity index (χ1) is 30.3. The summed E-state index contributed by atoms with van der Waals surface area (Å²) < 4.78 is 22.2. The molecule has 0 aromatic carbocycles. The highest BCUT2D eigenvalue weighted by atomic mass is 16.7. The Balaban J connectivity index is 2.27. The van der Waals surface area contributed by atoms with E-state index in [2.05, 4.69) is 50.3 Å². The lowest BCUT2D eigenvalue weighted by atomic mass is 9.99. The Kier molecular flexibility index (Phi) is 40.0. The van der Waals surface area contributed by atoms with Gasteiger partial charge in [-0.05, 0) is 51.4 Å². The van der Waals surface area contributed by atoms with E-state index in [1.54, 1.807) is 0 Å². The zero-order valence-corrected chi connectivity index (χ0v) is 39.6. The average Bonchev–Trinajstić information content (AvgIpc) is 3.27. The topological polar surface area (TPSA) is 152 Å². The Morgan fingerprint density at radius 2 is 0.903 bits per heavy atom. The number of hydrogen-bond acceptors (Lipinski definition) is 10. The van der Waals surface area contributed by atoms with Crippen LogP contribution in [0.1, 0.15) is 226 Å². The molecule has 10 nitrogen and oxygen atoms in total. The van der Waals surface area contributed by atoms with Crippen LogP contribution >= 0.6 is 0 Å². The largest absolute Gasteiger partial charge is 0.462 e. The molecule has 4 N–H and O–H groups in total. The first kappa shape index (κ1) is 57.9. The minimum atomic E-state index is -1.60. The van der Waals surface area contributed by atoms with Gasteiger partial charge in [0.2, 0.25) is 0 Å². The van der Waals surface area contributed by atoms with Crippen LogP contribution in [0.15, 0.2) is 36.5 Å². The molecular formula is C52H94O10. The lowest BCUT2D eigenvalue weighted by Gasteiger charge is -2.39. The highest BCUT2D eigenvalue weighted by molar-refractivity contribution is 5.70. The van der Waals surface area contributed by atoms with Gasteiger partial charge in [0.25, 0.3) is 0 Å². The summed E-state index contributed by atoms with van der Waals surface area (Å²) in [4.78, 5) is 25.4. The summed E-state index contributed by atoms with van der Waals surface area (Å²) in [6, 6.07) is 0. The van der Waals surface area contributed by atoms with Crippen LogP contribution in [-0.2, 0) is 28.5 Å². The van der Waals surface area contributed by atoms with Gasteiger partial charge in [-0.3, -0.25) is 9.59 Å². The summed E-state index contributed by atoms with van der Waals surface area (Å²) in [6.45, 7) is 3.40. The summed E-state index contributed by atoms with van der Waals surface area (Å²) in [5, 5.41) is 40.2. The molecule has 1 heterocycles. The molecule has 0 bridgehead atoms. The first-order valence-corrected chi connectivity index (χ1v) is 25.6. The summed E-state index contributed by atoms with van der Waals surface area (Å²) >= 11 is 0. The van der Waals surface area contributed by atoms with Gasteiger partial charge in [0.1, 0.15) is 31.0 Å². The van der Waals surface area contributed by atoms with Crippen molar-refractivity contribution in [3.8, 4) is 0 Å². The predicted octanol–water partition coefficient (Wildman–Crippen LogP) is 11.8. The highest BCUT2D eigenvalue weighted by Crippen LogP contribution is 2.23. The first-order valence-electron chi connectivity index (χ1n) is 25.6. The molecule has 2 unspecified atom stereocenters. The molecular weight excluding hydrogens is 785 g/mol. The maximum atomic E-state index is 12.8. The van der Waals surface area contributed by atoms with Crippen molar-refractivity contribution in [2.75, 3.05) is 19.8 Å². The third-order valence-electron chi connectivity index (χ3n) is 11.8. The second-order valence-corrected chi connectivity index (χ2v) is 17.6. The fourth-order valence-electron chi connectivity index (χ4n) is 7.73. The minimum absolute atomic E-state index is 0.226. The fraction of sp³-hybridized carbons (Fsp3) is 0.846. The van der Waals surface area contributed by atoms with Crippen LogP contribution < -0.4 is 0 Å². The molecule has 0 saturated carbocycles. The van der Waals surface area contributed by atoms with E-state index in [-0.39, 0.29) is 26.1 Å². The van der Waals surface area contributed by atoms with Gasteiger partial charge >= 0.3 is 11.9 Å². The number of carbonyl (C=O) groups excluding carboxylic acids is 2. The van der Waals surface area contributed by atoms with E-state index in [9.17, 15) is 30.0 Å². The summed E-state index contributed by atoms with van der Waals surface area (Å²) in [5.74, 6) is -0.822. The molecule has 1 aliphatic heterocycles. The molecule has 62 heavy (non-hydrogen) atoms. The van der Waals surface area contributed by atoms with Crippen molar-refractivity contribution in [1.29, 1.82) is 0 Å². The molecule has 1 fully saturated rings. The summed E-state index contributed by atoms with van der Waals surface area (Å²) in [7, 11) is 0. The maximum absolute atomic E-state index is 12.8. The van der Waals surface area contributed by atoms with E-state index in [1.807, 2.05) is 0 Å². The van der Waals surface area contributed by atoms with Crippen molar-refractivity contribution in [3.05, 3.63) is 36.5 Å². The Bertz CT molecular complexity index is 1110. The van der Waals surface area contributed by atoms with Gasteiger partial charge in [-0.2, -0.15) is 0 Å². The van der Waals surface area contributed by atoms with Gasteiger partial charge in [-0.15, -0.1) is 0 Å². The number of allylic oxidation sites excluding steroid dienone is 6. The number of unbranched alkanes of at least 4 members (excludes halogenated alkanes) is 26. The SMILES string of the molecule is CCCCC/C=C/C/C=C/C/C=C/CCCCCCC(=O)OC[C@H](CO[C@@H]1O[C@H](CO)[C@H](O)C(O)C1O)OC(=O)CCCCCCCCCCCCCCCCCCCCCC. The second-order valence-electron chi connectivity index (χ2n) is 17.6. The fourth-order valence-corrected chi connectivity index (χ4v) is 7.73. The van der Waals surface area contributed by atoms with Crippen LogP contribution in [0.2, 0.25) is 0 Å². The zero-order valence-electron chi connectivity index (χ0n) is 39.6. The normalized spacial score (nSPS) is 19.9. The van der Waals surface area contributed by atoms with Crippen molar-refractivity contribution >= 4 is 11.9 Å². The molecule has 10 heteroatoms. The van der Waals surface area contributed by atoms with Crippen LogP contribution in [-0.4, -0.2) is 89.0 Å². The van der Waals surface area contributed by atoms with Crippen LogP contribution in [0, 0.1) is 0 Å². The van der Waals surface area contributed by atoms with Crippen molar-refractivity contribution in [3.63, 3.8) is 0 Å². The molecule has 362 valence electrons. The third-order valence-corrected chi connectivity index (χ3v) is 11.8. The van der Waals surface area contributed by atoms with Gasteiger partial charge in [0.15, 0.2) is 12.4 Å². The molecule has 6 atom stereocenters. The quantitative estimate of drug-likeness (QED) is 0.0265. The second kappa shape index (κ2) is 42.8. The van der Waals surface area contributed by atoms with E-state index >= 15 is 0 Å². The van der Waals surface area contributed by atoms with Crippen molar-refractivity contribution < 1.29 is 49.0 Å². The van der Waals surface area contributed by atoms with Crippen LogP contribution in [0.3, 0.4) is 0 Å². The van der Waals surface area contributed by atoms with Gasteiger partial charge in [0, 0.05) is 12.8 Å². The number of carbonyl (C=O) groups is 2. The molecule has 0 amide bonds. The van der Waals surface area contributed by atoms with Crippen molar-refractivity contribution in [2.24, 2.45) is 0 Å². The van der Waals surface area contributed by atoms with E-state index in [1.165, 1.54) is 128 Å². The minimum Gasteiger partial charge on any atom is -0.462 e. The molecule has 0 spiro atoms. The number of aliphatic hydroxyl groups is 4. The monoisotopic (exact) mass is 879 g/mol. The highest BCUT2D eigenvalue weighted by Gasteiger charge is 2.44. The van der Waals surface area contributed by atoms with Crippen LogP contribution in [0.4, 0.5) is 0 Å². The maximum Gasteiger partial charge on any atom is 0.306 e. The van der Waals surface area contributed by atoms with E-state index in [0.29, 0.717) is 12.8 Å². The Hall–Kier alpha value is -2.08. The number of esters is 2. The van der Waals surface area contributed by atoms with E-state index < -0.39 is 55.4 Å². The molecule has 0 aliphatic carbocycles. The molecule has 1 aliphatic rings. The van der Waals surface area contributed by atoms with Crippen molar-refractivity contribution in [2.45, 2.75) is 263 Å². The number of hydrogen-bond donors (Lipinski definition) is 4. The Morgan fingerprint density at radius 1 is 0.500 bits per heavy atom. The summed E-state index contributed by atoms with van der Waals surface area (Å²) in [5.41, 5.74) is 0. The van der Waals surface area contributed by atoms with Crippen LogP contribution in [0.25, 0.3) is 0 Å². The number of rotatable bonds is 43. The van der Waals surface area contributed by atoms with Crippen molar-refractivity contribution in [1.82, 2.24) is 0 Å². The summed E-state index contributed by atoms with van der Waals surface area (Å²) in [6.07, 6.45) is 42.9. The smallest absolute Gasteiger partial charge is 0.306 e. The number of aliphatic hydroxyl groups excluding tert-OH is 4. The van der Waals surface area contributed by atoms with Crippen LogP contribution in [0.5, 0.6) is 0 Å². The molecule has 0 aromatic heterocycles. The lowest BCUT2D eigenvalue weighted by molar-refractivity contribution is -0.305. The number of ether oxygens (including phenoxy) is 4. The Labute approximate surface area is 378 Å². The molecule has 0 radical (unpaired) electrons.